The van der Waals surface area contributed by atoms with Crippen molar-refractivity contribution in [1.29, 1.82) is 0 Å². The van der Waals surface area contributed by atoms with Gasteiger partial charge in [0.25, 0.3) is 0 Å². The first-order chi connectivity index (χ1) is 8.20. The van der Waals surface area contributed by atoms with Crippen LogP contribution in [0.1, 0.15) is 50.8 Å². The van der Waals surface area contributed by atoms with Crippen LogP contribution in [0.25, 0.3) is 0 Å². The minimum Gasteiger partial charge on any atom is -0.322 e. The SMILES string of the molecule is CCC1CCCC(C(N)c2ccc(Cl)cn2)C1. The first kappa shape index (κ1) is 12.8. The highest BCUT2D eigenvalue weighted by Gasteiger charge is 2.27. The van der Waals surface area contributed by atoms with Gasteiger partial charge in [-0.1, -0.05) is 37.8 Å². The Morgan fingerprint density at radius 3 is 2.94 bits per heavy atom. The Bertz CT molecular complexity index is 350. The average Bonchev–Trinajstić information content (AvgIpc) is 2.39. The van der Waals surface area contributed by atoms with Gasteiger partial charge in [0, 0.05) is 12.2 Å². The van der Waals surface area contributed by atoms with Crippen LogP contribution in [-0.2, 0) is 0 Å². The first-order valence-corrected chi connectivity index (χ1v) is 6.95. The van der Waals surface area contributed by atoms with Crippen LogP contribution >= 0.6 is 11.6 Å². The quantitative estimate of drug-likeness (QED) is 0.885. The van der Waals surface area contributed by atoms with Gasteiger partial charge >= 0.3 is 0 Å². The van der Waals surface area contributed by atoms with Crippen molar-refractivity contribution in [3.8, 4) is 0 Å². The summed E-state index contributed by atoms with van der Waals surface area (Å²) in [7, 11) is 0. The molecular formula is C14H21ClN2. The maximum atomic E-state index is 6.33. The van der Waals surface area contributed by atoms with Gasteiger partial charge in [-0.25, -0.2) is 0 Å². The van der Waals surface area contributed by atoms with E-state index < -0.39 is 0 Å². The zero-order chi connectivity index (χ0) is 12.3. The Morgan fingerprint density at radius 1 is 1.47 bits per heavy atom. The molecule has 3 heteroatoms. The fourth-order valence-corrected chi connectivity index (χ4v) is 2.97. The minimum absolute atomic E-state index is 0.0709. The Morgan fingerprint density at radius 2 is 2.29 bits per heavy atom. The summed E-state index contributed by atoms with van der Waals surface area (Å²) in [6, 6.07) is 3.91. The molecule has 0 amide bonds. The fourth-order valence-electron chi connectivity index (χ4n) is 2.86. The van der Waals surface area contributed by atoms with Crippen LogP contribution in [-0.4, -0.2) is 4.98 Å². The van der Waals surface area contributed by atoms with Crippen LogP contribution in [0.3, 0.4) is 0 Å². The second-order valence-corrected chi connectivity index (χ2v) is 5.56. The van der Waals surface area contributed by atoms with E-state index in [4.69, 9.17) is 17.3 Å². The van der Waals surface area contributed by atoms with Gasteiger partial charge in [-0.05, 0) is 36.8 Å². The zero-order valence-corrected chi connectivity index (χ0v) is 11.2. The number of nitrogens with two attached hydrogens (primary N) is 1. The van der Waals surface area contributed by atoms with Crippen LogP contribution < -0.4 is 5.73 Å². The van der Waals surface area contributed by atoms with Crippen LogP contribution in [0.5, 0.6) is 0 Å². The minimum atomic E-state index is 0.0709. The molecule has 1 aromatic heterocycles. The predicted molar refractivity (Wildman–Crippen MR) is 71.9 cm³/mol. The van der Waals surface area contributed by atoms with Gasteiger partial charge in [0.15, 0.2) is 0 Å². The van der Waals surface area contributed by atoms with E-state index >= 15 is 0 Å². The summed E-state index contributed by atoms with van der Waals surface area (Å²) in [6.45, 7) is 2.28. The Kier molecular flexibility index (Phi) is 4.41. The molecule has 2 nitrogen and oxygen atoms in total. The van der Waals surface area contributed by atoms with Crippen molar-refractivity contribution >= 4 is 11.6 Å². The predicted octanol–water partition coefficient (Wildman–Crippen LogP) is 3.95. The van der Waals surface area contributed by atoms with Crippen LogP contribution in [0.4, 0.5) is 0 Å². The van der Waals surface area contributed by atoms with Crippen LogP contribution in [0, 0.1) is 11.8 Å². The van der Waals surface area contributed by atoms with Gasteiger partial charge in [0.05, 0.1) is 10.7 Å². The lowest BCUT2D eigenvalue weighted by Crippen LogP contribution is -2.27. The highest BCUT2D eigenvalue weighted by molar-refractivity contribution is 6.30. The van der Waals surface area contributed by atoms with Gasteiger partial charge in [0.2, 0.25) is 0 Å². The van der Waals surface area contributed by atoms with Gasteiger partial charge < -0.3 is 5.73 Å². The summed E-state index contributed by atoms with van der Waals surface area (Å²) in [5, 5.41) is 0.677. The van der Waals surface area contributed by atoms with Gasteiger partial charge in [-0.2, -0.15) is 0 Å². The third-order valence-electron chi connectivity index (χ3n) is 4.00. The average molecular weight is 253 g/mol. The monoisotopic (exact) mass is 252 g/mol. The molecular weight excluding hydrogens is 232 g/mol. The van der Waals surface area contributed by atoms with Crippen molar-refractivity contribution in [2.24, 2.45) is 17.6 Å². The smallest absolute Gasteiger partial charge is 0.0589 e. The molecule has 0 aromatic carbocycles. The summed E-state index contributed by atoms with van der Waals surface area (Å²) >= 11 is 5.84. The molecule has 94 valence electrons. The standard InChI is InChI=1S/C14H21ClN2/c1-2-10-4-3-5-11(8-10)14(16)13-7-6-12(15)9-17-13/h6-7,9-11,14H,2-5,8,16H2,1H3. The number of halogens is 1. The number of nitrogens with zero attached hydrogens (tertiary/aromatic N) is 1. The molecule has 0 spiro atoms. The number of aromatic nitrogens is 1. The third-order valence-corrected chi connectivity index (χ3v) is 4.22. The molecule has 1 aliphatic rings. The van der Waals surface area contributed by atoms with Crippen molar-refractivity contribution in [1.82, 2.24) is 4.98 Å². The van der Waals surface area contributed by atoms with E-state index in [0.29, 0.717) is 10.9 Å². The second-order valence-electron chi connectivity index (χ2n) is 5.13. The molecule has 1 heterocycles. The lowest BCUT2D eigenvalue weighted by atomic mass is 9.76. The summed E-state index contributed by atoms with van der Waals surface area (Å²) < 4.78 is 0. The number of hydrogen-bond donors (Lipinski definition) is 1. The number of hydrogen-bond acceptors (Lipinski definition) is 2. The number of pyridine rings is 1. The summed E-state index contributed by atoms with van der Waals surface area (Å²) in [4.78, 5) is 4.35. The molecule has 0 radical (unpaired) electrons. The molecule has 0 aliphatic heterocycles. The lowest BCUT2D eigenvalue weighted by Gasteiger charge is -2.32. The van der Waals surface area contributed by atoms with E-state index in [1.165, 1.54) is 32.1 Å². The van der Waals surface area contributed by atoms with E-state index in [0.717, 1.165) is 11.6 Å². The maximum absolute atomic E-state index is 6.33. The molecule has 1 aliphatic carbocycles. The summed E-state index contributed by atoms with van der Waals surface area (Å²) in [5.41, 5.74) is 7.31. The van der Waals surface area contributed by atoms with Crippen molar-refractivity contribution in [2.75, 3.05) is 0 Å². The molecule has 0 bridgehead atoms. The molecule has 3 unspecified atom stereocenters. The van der Waals surface area contributed by atoms with E-state index in [1.807, 2.05) is 12.1 Å². The fraction of sp³-hybridized carbons (Fsp3) is 0.643. The van der Waals surface area contributed by atoms with E-state index in [9.17, 15) is 0 Å². The van der Waals surface area contributed by atoms with E-state index in [2.05, 4.69) is 11.9 Å². The zero-order valence-electron chi connectivity index (χ0n) is 10.4. The summed E-state index contributed by atoms with van der Waals surface area (Å²) in [5.74, 6) is 1.44. The molecule has 1 aromatic rings. The number of rotatable bonds is 3. The highest BCUT2D eigenvalue weighted by atomic mass is 35.5. The Balaban J connectivity index is 2.03. The van der Waals surface area contributed by atoms with Gasteiger partial charge in [-0.3, -0.25) is 4.98 Å². The third kappa shape index (κ3) is 3.20. The van der Waals surface area contributed by atoms with Crippen molar-refractivity contribution in [3.63, 3.8) is 0 Å². The molecule has 1 fully saturated rings. The Labute approximate surface area is 109 Å². The van der Waals surface area contributed by atoms with Gasteiger partial charge in [0.1, 0.15) is 0 Å². The van der Waals surface area contributed by atoms with Crippen LogP contribution in [0.15, 0.2) is 18.3 Å². The molecule has 1 saturated carbocycles. The normalized spacial score (nSPS) is 26.8. The first-order valence-electron chi connectivity index (χ1n) is 6.57. The highest BCUT2D eigenvalue weighted by Crippen LogP contribution is 2.36. The second kappa shape index (κ2) is 5.83. The molecule has 17 heavy (non-hydrogen) atoms. The van der Waals surface area contributed by atoms with Crippen molar-refractivity contribution in [2.45, 2.75) is 45.1 Å². The topological polar surface area (TPSA) is 38.9 Å². The molecule has 0 saturated heterocycles. The van der Waals surface area contributed by atoms with Crippen LogP contribution in [0.2, 0.25) is 5.02 Å². The molecule has 2 rings (SSSR count). The summed E-state index contributed by atoms with van der Waals surface area (Å²) in [6.07, 6.45) is 8.14. The molecule has 2 N–H and O–H groups in total. The Hall–Kier alpha value is -0.600. The molecule has 3 atom stereocenters. The van der Waals surface area contributed by atoms with E-state index in [-0.39, 0.29) is 6.04 Å². The largest absolute Gasteiger partial charge is 0.322 e. The van der Waals surface area contributed by atoms with Crippen molar-refractivity contribution in [3.05, 3.63) is 29.0 Å². The lowest BCUT2D eigenvalue weighted by molar-refractivity contribution is 0.228. The maximum Gasteiger partial charge on any atom is 0.0589 e. The van der Waals surface area contributed by atoms with Crippen molar-refractivity contribution < 1.29 is 0 Å². The van der Waals surface area contributed by atoms with E-state index in [1.54, 1.807) is 6.20 Å². The van der Waals surface area contributed by atoms with Gasteiger partial charge in [-0.15, -0.1) is 0 Å².